The van der Waals surface area contributed by atoms with Crippen molar-refractivity contribution in [2.45, 2.75) is 31.0 Å². The molecule has 3 heteroatoms. The Hall–Kier alpha value is -0.950. The first-order chi connectivity index (χ1) is 10.1. The van der Waals surface area contributed by atoms with Gasteiger partial charge in [0, 0.05) is 6.04 Å². The van der Waals surface area contributed by atoms with E-state index >= 15 is 0 Å². The molecule has 0 radical (unpaired) electrons. The second kappa shape index (κ2) is 6.04. The van der Waals surface area contributed by atoms with E-state index in [9.17, 15) is 5.11 Å². The molecule has 0 bridgehead atoms. The maximum absolute atomic E-state index is 11.3. The van der Waals surface area contributed by atoms with Gasteiger partial charge in [-0.15, -0.1) is 0 Å². The lowest BCUT2D eigenvalue weighted by molar-refractivity contribution is 0.120. The molecule has 0 aromatic heterocycles. The number of hydrogen-bond donors (Lipinski definition) is 1. The van der Waals surface area contributed by atoms with E-state index in [1.807, 2.05) is 24.3 Å². The van der Waals surface area contributed by atoms with Crippen LogP contribution in [0, 0.1) is 0 Å². The summed E-state index contributed by atoms with van der Waals surface area (Å²) in [6, 6.07) is 18.8. The van der Waals surface area contributed by atoms with Gasteiger partial charge in [0.25, 0.3) is 0 Å². The minimum absolute atomic E-state index is 0.667. The van der Waals surface area contributed by atoms with Gasteiger partial charge < -0.3 is 5.11 Å². The minimum Gasteiger partial charge on any atom is -0.384 e. The molecule has 0 aliphatic carbocycles. The largest absolute Gasteiger partial charge is 0.384 e. The maximum atomic E-state index is 11.3. The fourth-order valence-corrected chi connectivity index (χ4v) is 8.01. The highest BCUT2D eigenvalue weighted by Gasteiger charge is 2.46. The van der Waals surface area contributed by atoms with E-state index in [1.165, 1.54) is 10.9 Å². The molecule has 1 nitrogen and oxygen atoms in total. The topological polar surface area (TPSA) is 20.2 Å². The van der Waals surface area contributed by atoms with Crippen molar-refractivity contribution in [3.8, 4) is 0 Å². The van der Waals surface area contributed by atoms with E-state index in [1.54, 1.807) is 0 Å². The highest BCUT2D eigenvalue weighted by atomic mass is 32.4. The Balaban J connectivity index is 1.84. The van der Waals surface area contributed by atoms with Crippen LogP contribution in [0.4, 0.5) is 0 Å². The lowest BCUT2D eigenvalue weighted by Gasteiger charge is -2.34. The average Bonchev–Trinajstić information content (AvgIpc) is 2.84. The number of aryl methyl sites for hydroxylation is 1. The summed E-state index contributed by atoms with van der Waals surface area (Å²) in [5, 5.41) is 11.8. The minimum atomic E-state index is -1.89. The third kappa shape index (κ3) is 2.85. The van der Waals surface area contributed by atoms with Gasteiger partial charge in [-0.3, -0.25) is 0 Å². The summed E-state index contributed by atoms with van der Waals surface area (Å²) in [5.74, 6) is 0. The first-order valence-electron chi connectivity index (χ1n) is 7.55. The van der Waals surface area contributed by atoms with Gasteiger partial charge in [0.2, 0.25) is 0 Å². The fraction of sp³-hybridized carbons (Fsp3) is 0.333. The van der Waals surface area contributed by atoms with E-state index in [0.29, 0.717) is 0 Å². The molecule has 1 N–H and O–H groups in total. The van der Waals surface area contributed by atoms with Crippen LogP contribution in [-0.4, -0.2) is 16.6 Å². The summed E-state index contributed by atoms with van der Waals surface area (Å²) in [6.07, 6.45) is 4.59. The monoisotopic (exact) mass is 316 g/mol. The third-order valence-corrected chi connectivity index (χ3v) is 10.6. The van der Waals surface area contributed by atoms with Crippen LogP contribution in [0.25, 0.3) is 0 Å². The molecule has 0 saturated carbocycles. The molecule has 1 saturated heterocycles. The Labute approximate surface area is 132 Å². The molecule has 1 aliphatic heterocycles. The van der Waals surface area contributed by atoms with E-state index in [2.05, 4.69) is 36.4 Å². The summed E-state index contributed by atoms with van der Waals surface area (Å²) >= 11 is 6.04. The van der Waals surface area contributed by atoms with Crippen LogP contribution in [0.5, 0.6) is 0 Å². The Kier molecular flexibility index (Phi) is 4.31. The second-order valence-corrected chi connectivity index (χ2v) is 11.0. The molecule has 0 amide bonds. The van der Waals surface area contributed by atoms with E-state index in [-0.39, 0.29) is 0 Å². The Morgan fingerprint density at radius 3 is 2.29 bits per heavy atom. The predicted molar refractivity (Wildman–Crippen MR) is 94.2 cm³/mol. The van der Waals surface area contributed by atoms with Gasteiger partial charge in [-0.1, -0.05) is 72.5 Å². The van der Waals surface area contributed by atoms with Gasteiger partial charge in [-0.25, -0.2) is 0 Å². The van der Waals surface area contributed by atoms with E-state index < -0.39 is 11.4 Å². The normalized spacial score (nSPS) is 28.6. The van der Waals surface area contributed by atoms with Crippen molar-refractivity contribution in [3.63, 3.8) is 0 Å². The van der Waals surface area contributed by atoms with E-state index in [0.717, 1.165) is 31.8 Å². The van der Waals surface area contributed by atoms with Gasteiger partial charge in [0.15, 0.2) is 0 Å². The van der Waals surface area contributed by atoms with Crippen LogP contribution in [0.3, 0.4) is 0 Å². The van der Waals surface area contributed by atoms with Crippen molar-refractivity contribution in [2.75, 3.05) is 6.16 Å². The number of benzene rings is 2. The first-order valence-corrected chi connectivity index (χ1v) is 10.5. The lowest BCUT2D eigenvalue weighted by atomic mass is 10.0. The third-order valence-electron chi connectivity index (χ3n) is 4.55. The molecule has 1 heterocycles. The SMILES string of the molecule is O[C@@]1(CCc2ccccc2)CCCP1(=S)c1ccccc1. The average molecular weight is 316 g/mol. The van der Waals surface area contributed by atoms with Gasteiger partial charge >= 0.3 is 0 Å². The van der Waals surface area contributed by atoms with Crippen LogP contribution in [-0.2, 0) is 18.2 Å². The zero-order valence-corrected chi connectivity index (χ0v) is 13.8. The van der Waals surface area contributed by atoms with Crippen molar-refractivity contribution in [2.24, 2.45) is 0 Å². The predicted octanol–water partition coefficient (Wildman–Crippen LogP) is 3.91. The highest BCUT2D eigenvalue weighted by Crippen LogP contribution is 2.64. The zero-order valence-electron chi connectivity index (χ0n) is 12.1. The van der Waals surface area contributed by atoms with Gasteiger partial charge in [0.05, 0.1) is 5.34 Å². The van der Waals surface area contributed by atoms with Crippen molar-refractivity contribution < 1.29 is 5.11 Å². The summed E-state index contributed by atoms with van der Waals surface area (Å²) in [7, 11) is 0. The van der Waals surface area contributed by atoms with Crippen LogP contribution in [0.15, 0.2) is 60.7 Å². The summed E-state index contributed by atoms with van der Waals surface area (Å²) in [6.45, 7) is 0. The van der Waals surface area contributed by atoms with Crippen molar-refractivity contribution in [1.29, 1.82) is 0 Å². The Morgan fingerprint density at radius 2 is 1.62 bits per heavy atom. The number of aliphatic hydroxyl groups is 1. The molecular formula is C18H21OPS. The first kappa shape index (κ1) is 15.0. The Morgan fingerprint density at radius 1 is 1.00 bits per heavy atom. The molecule has 2 aromatic rings. The molecule has 2 atom stereocenters. The van der Waals surface area contributed by atoms with Crippen molar-refractivity contribution in [1.82, 2.24) is 0 Å². The van der Waals surface area contributed by atoms with E-state index in [4.69, 9.17) is 11.8 Å². The number of hydrogen-bond acceptors (Lipinski definition) is 2. The second-order valence-electron chi connectivity index (χ2n) is 5.87. The Bertz CT molecular complexity index is 641. The molecular weight excluding hydrogens is 295 g/mol. The van der Waals surface area contributed by atoms with Crippen molar-refractivity contribution in [3.05, 3.63) is 66.2 Å². The molecule has 110 valence electrons. The van der Waals surface area contributed by atoms with Gasteiger partial charge in [0.1, 0.15) is 0 Å². The molecule has 2 aromatic carbocycles. The molecule has 1 aliphatic rings. The highest BCUT2D eigenvalue weighted by molar-refractivity contribution is 8.19. The number of rotatable bonds is 4. The maximum Gasteiger partial charge on any atom is 0.0969 e. The molecule has 21 heavy (non-hydrogen) atoms. The fourth-order valence-electron chi connectivity index (χ4n) is 3.31. The lowest BCUT2D eigenvalue weighted by Crippen LogP contribution is -2.30. The molecule has 0 spiro atoms. The summed E-state index contributed by atoms with van der Waals surface area (Å²) < 4.78 is 0. The standard InChI is InChI=1S/C18H21OPS/c19-18(14-12-16-8-3-1-4-9-16)13-7-15-20(18,21)17-10-5-2-6-11-17/h1-6,8-11,19H,7,12-15H2/t18-,20?/m0/s1. The van der Waals surface area contributed by atoms with Crippen LogP contribution in [0.2, 0.25) is 0 Å². The van der Waals surface area contributed by atoms with Gasteiger partial charge in [-0.2, -0.15) is 0 Å². The summed E-state index contributed by atoms with van der Waals surface area (Å²) in [5.41, 5.74) is 1.28. The van der Waals surface area contributed by atoms with Crippen LogP contribution in [0.1, 0.15) is 24.8 Å². The quantitative estimate of drug-likeness (QED) is 0.863. The van der Waals surface area contributed by atoms with Crippen LogP contribution >= 0.6 is 6.04 Å². The van der Waals surface area contributed by atoms with Crippen molar-refractivity contribution >= 4 is 23.1 Å². The molecule has 3 rings (SSSR count). The van der Waals surface area contributed by atoms with Crippen LogP contribution < -0.4 is 5.30 Å². The van der Waals surface area contributed by atoms with Gasteiger partial charge in [-0.05, 0) is 42.7 Å². The zero-order chi connectivity index (χ0) is 14.8. The smallest absolute Gasteiger partial charge is 0.0969 e. The molecule has 1 unspecified atom stereocenters. The summed E-state index contributed by atoms with van der Waals surface area (Å²) in [4.78, 5) is 0. The molecule has 1 fully saturated rings.